The van der Waals surface area contributed by atoms with Crippen LogP contribution in [0.1, 0.15) is 34.5 Å². The number of esters is 1. The fourth-order valence-electron chi connectivity index (χ4n) is 4.41. The van der Waals surface area contributed by atoms with Gasteiger partial charge in [0.2, 0.25) is 5.91 Å². The van der Waals surface area contributed by atoms with Gasteiger partial charge in [-0.3, -0.25) is 4.79 Å². The first-order valence-electron chi connectivity index (χ1n) is 10.7. The number of anilines is 1. The van der Waals surface area contributed by atoms with Gasteiger partial charge < -0.3 is 15.0 Å². The Labute approximate surface area is 182 Å². The Morgan fingerprint density at radius 2 is 1.74 bits per heavy atom. The van der Waals surface area contributed by atoms with Crippen LogP contribution in [0, 0.1) is 12.8 Å². The van der Waals surface area contributed by atoms with Gasteiger partial charge >= 0.3 is 5.97 Å². The van der Waals surface area contributed by atoms with E-state index in [1.165, 1.54) is 12.0 Å². The highest BCUT2D eigenvalue weighted by Gasteiger charge is 2.29. The van der Waals surface area contributed by atoms with Crippen LogP contribution in [0.3, 0.4) is 0 Å². The van der Waals surface area contributed by atoms with Crippen LogP contribution in [0.5, 0.6) is 0 Å². The quantitative estimate of drug-likeness (QED) is 0.625. The molecule has 1 aromatic heterocycles. The Hall–Kier alpha value is -3.25. The lowest BCUT2D eigenvalue weighted by Crippen LogP contribution is -3.12. The van der Waals surface area contributed by atoms with Crippen molar-refractivity contribution < 1.29 is 19.2 Å². The van der Waals surface area contributed by atoms with E-state index in [0.717, 1.165) is 53.8 Å². The molecule has 1 saturated heterocycles. The molecule has 0 atom stereocenters. The minimum absolute atomic E-state index is 0.00957. The van der Waals surface area contributed by atoms with Gasteiger partial charge in [-0.2, -0.15) is 0 Å². The maximum Gasteiger partial charge on any atom is 0.340 e. The predicted octanol–water partition coefficient (Wildman–Crippen LogP) is 2.76. The molecule has 0 spiro atoms. The Morgan fingerprint density at radius 3 is 2.45 bits per heavy atom. The molecule has 1 aliphatic rings. The number of nitrogens with zero attached hydrogens (tertiary/aromatic N) is 1. The fourth-order valence-corrected chi connectivity index (χ4v) is 4.41. The van der Waals surface area contributed by atoms with Crippen molar-refractivity contribution in [2.75, 3.05) is 25.5 Å². The number of piperidine rings is 1. The van der Waals surface area contributed by atoms with E-state index in [0.29, 0.717) is 12.1 Å². The number of amides is 1. The summed E-state index contributed by atoms with van der Waals surface area (Å²) in [6.45, 7) is 4.32. The molecule has 2 heterocycles. The number of aromatic nitrogens is 1. The minimum atomic E-state index is -0.345. The van der Waals surface area contributed by atoms with Gasteiger partial charge in [-0.05, 0) is 30.7 Å². The number of para-hydroxylation sites is 2. The van der Waals surface area contributed by atoms with Crippen LogP contribution >= 0.6 is 0 Å². The standard InChI is InChI=1S/C25H27N3O3/c1-17-20-10-6-7-11-21(20)27-22(23(17)25(30)31-2)16-28-14-12-18(13-15-28)24(29)26-19-8-4-3-5-9-19/h3-11,18H,12-16H2,1-2H3,(H,26,29)/p+1. The molecule has 1 amide bonds. The Balaban J connectivity index is 1.47. The summed E-state index contributed by atoms with van der Waals surface area (Å²) in [6.07, 6.45) is 1.63. The molecule has 2 N–H and O–H groups in total. The average Bonchev–Trinajstić information content (AvgIpc) is 2.80. The highest BCUT2D eigenvalue weighted by molar-refractivity contribution is 5.98. The highest BCUT2D eigenvalue weighted by atomic mass is 16.5. The van der Waals surface area contributed by atoms with E-state index in [1.54, 1.807) is 0 Å². The van der Waals surface area contributed by atoms with Crippen LogP contribution in [-0.2, 0) is 16.1 Å². The molecule has 6 nitrogen and oxygen atoms in total. The molecule has 0 radical (unpaired) electrons. The smallest absolute Gasteiger partial charge is 0.340 e. The number of methoxy groups -OCH3 is 1. The van der Waals surface area contributed by atoms with E-state index >= 15 is 0 Å². The number of rotatable bonds is 5. The largest absolute Gasteiger partial charge is 0.465 e. The number of carbonyl (C=O) groups excluding carboxylic acids is 2. The molecule has 2 aromatic carbocycles. The van der Waals surface area contributed by atoms with Crippen molar-refractivity contribution in [3.63, 3.8) is 0 Å². The van der Waals surface area contributed by atoms with Gasteiger partial charge in [0.1, 0.15) is 12.2 Å². The van der Waals surface area contributed by atoms with E-state index in [9.17, 15) is 9.59 Å². The predicted molar refractivity (Wildman–Crippen MR) is 120 cm³/mol. The zero-order valence-corrected chi connectivity index (χ0v) is 18.0. The van der Waals surface area contributed by atoms with E-state index in [2.05, 4.69) is 5.32 Å². The molecule has 0 bridgehead atoms. The third kappa shape index (κ3) is 4.59. The molecule has 0 saturated carbocycles. The van der Waals surface area contributed by atoms with Gasteiger partial charge in [0.05, 0.1) is 31.3 Å². The van der Waals surface area contributed by atoms with E-state index in [4.69, 9.17) is 9.72 Å². The van der Waals surface area contributed by atoms with Crippen LogP contribution in [0.15, 0.2) is 54.6 Å². The van der Waals surface area contributed by atoms with E-state index in [1.807, 2.05) is 61.5 Å². The van der Waals surface area contributed by atoms with Crippen molar-refractivity contribution in [3.05, 3.63) is 71.4 Å². The molecule has 0 aliphatic carbocycles. The van der Waals surface area contributed by atoms with Crippen LogP contribution in [0.2, 0.25) is 0 Å². The molecule has 6 heteroatoms. The Bertz CT molecular complexity index is 1090. The van der Waals surface area contributed by atoms with Crippen molar-refractivity contribution in [3.8, 4) is 0 Å². The van der Waals surface area contributed by atoms with Crippen LogP contribution in [0.4, 0.5) is 5.69 Å². The van der Waals surface area contributed by atoms with E-state index in [-0.39, 0.29) is 17.8 Å². The maximum atomic E-state index is 12.6. The normalized spacial score (nSPS) is 18.5. The number of hydrogen-bond acceptors (Lipinski definition) is 4. The number of likely N-dealkylation sites (tertiary alicyclic amines) is 1. The van der Waals surface area contributed by atoms with Crippen molar-refractivity contribution in [1.82, 2.24) is 4.98 Å². The molecular formula is C25H28N3O3+. The number of ether oxygens (including phenoxy) is 1. The van der Waals surface area contributed by atoms with Crippen LogP contribution < -0.4 is 10.2 Å². The molecule has 160 valence electrons. The summed E-state index contributed by atoms with van der Waals surface area (Å²) >= 11 is 0. The van der Waals surface area contributed by atoms with Crippen molar-refractivity contribution in [2.45, 2.75) is 26.3 Å². The van der Waals surface area contributed by atoms with E-state index < -0.39 is 0 Å². The molecule has 1 aliphatic heterocycles. The number of hydrogen-bond donors (Lipinski definition) is 2. The maximum absolute atomic E-state index is 12.6. The van der Waals surface area contributed by atoms with Crippen molar-refractivity contribution >= 4 is 28.5 Å². The number of carbonyl (C=O) groups is 2. The Kier molecular flexibility index (Phi) is 6.28. The first-order chi connectivity index (χ1) is 15.1. The second-order valence-electron chi connectivity index (χ2n) is 8.12. The van der Waals surface area contributed by atoms with Crippen LogP contribution in [-0.4, -0.2) is 37.1 Å². The molecule has 1 fully saturated rings. The fraction of sp³-hybridized carbons (Fsp3) is 0.320. The van der Waals surface area contributed by atoms with Gasteiger partial charge in [0.15, 0.2) is 0 Å². The number of aryl methyl sites for hydroxylation is 1. The van der Waals surface area contributed by atoms with Gasteiger partial charge in [0.25, 0.3) is 0 Å². The number of pyridine rings is 1. The number of nitrogens with one attached hydrogen (secondary N) is 2. The summed E-state index contributed by atoms with van der Waals surface area (Å²) in [5.74, 6) is -0.252. The third-order valence-corrected chi connectivity index (χ3v) is 6.14. The highest BCUT2D eigenvalue weighted by Crippen LogP contribution is 2.23. The summed E-state index contributed by atoms with van der Waals surface area (Å²) in [5, 5.41) is 3.98. The van der Waals surface area contributed by atoms with Crippen molar-refractivity contribution in [2.24, 2.45) is 5.92 Å². The van der Waals surface area contributed by atoms with Gasteiger partial charge in [-0.15, -0.1) is 0 Å². The van der Waals surface area contributed by atoms with Gasteiger partial charge in [0, 0.05) is 29.8 Å². The lowest BCUT2D eigenvalue weighted by atomic mass is 9.95. The number of fused-ring (bicyclic) bond motifs is 1. The molecule has 4 rings (SSSR count). The minimum Gasteiger partial charge on any atom is -0.465 e. The molecular weight excluding hydrogens is 390 g/mol. The summed E-state index contributed by atoms with van der Waals surface area (Å²) in [6, 6.07) is 17.4. The lowest BCUT2D eigenvalue weighted by molar-refractivity contribution is -0.919. The topological polar surface area (TPSA) is 72.7 Å². The molecule has 3 aromatic rings. The molecule has 0 unspecified atom stereocenters. The first kappa shape index (κ1) is 21.0. The monoisotopic (exact) mass is 418 g/mol. The average molecular weight is 419 g/mol. The zero-order chi connectivity index (χ0) is 21.8. The third-order valence-electron chi connectivity index (χ3n) is 6.14. The lowest BCUT2D eigenvalue weighted by Gasteiger charge is -2.29. The second-order valence-corrected chi connectivity index (χ2v) is 8.12. The second kappa shape index (κ2) is 9.27. The Morgan fingerprint density at radius 1 is 1.06 bits per heavy atom. The summed E-state index contributed by atoms with van der Waals surface area (Å²) in [4.78, 5) is 31.3. The first-order valence-corrected chi connectivity index (χ1v) is 10.7. The summed E-state index contributed by atoms with van der Waals surface area (Å²) < 4.78 is 5.06. The number of benzene rings is 2. The zero-order valence-electron chi connectivity index (χ0n) is 18.0. The summed E-state index contributed by atoms with van der Waals surface area (Å²) in [5.41, 5.74) is 3.96. The van der Waals surface area contributed by atoms with Gasteiger partial charge in [-0.1, -0.05) is 36.4 Å². The van der Waals surface area contributed by atoms with Crippen LogP contribution in [0.25, 0.3) is 10.9 Å². The van der Waals surface area contributed by atoms with Crippen molar-refractivity contribution in [1.29, 1.82) is 0 Å². The summed E-state index contributed by atoms with van der Waals surface area (Å²) in [7, 11) is 1.41. The van der Waals surface area contributed by atoms with Gasteiger partial charge in [-0.25, -0.2) is 9.78 Å². The SMILES string of the molecule is COC(=O)c1c(C[NH+]2CCC(C(=O)Nc3ccccc3)CC2)nc2ccccc2c1C. The number of quaternary nitrogens is 1. The molecule has 31 heavy (non-hydrogen) atoms.